The van der Waals surface area contributed by atoms with Crippen LogP contribution in [0.1, 0.15) is 5.56 Å². The van der Waals surface area contributed by atoms with Crippen LogP contribution in [0.25, 0.3) is 10.9 Å². The summed E-state index contributed by atoms with van der Waals surface area (Å²) in [7, 11) is -4.28. The van der Waals surface area contributed by atoms with Gasteiger partial charge in [-0.05, 0) is 48.0 Å². The number of fused-ring (bicyclic) bond motifs is 1. The van der Waals surface area contributed by atoms with Gasteiger partial charge in [0.15, 0.2) is 0 Å². The number of halogens is 3. The SMILES string of the molecule is O=c1c(S(=O)(=O)c2cccc(Cl)c2)cn(Cc2ccc(F)cc2)c2cc(N3CCOCC3)c(F)cc12. The molecule has 1 saturated heterocycles. The molecular weight excluding hydrogens is 510 g/mol. The monoisotopic (exact) mass is 530 g/mol. The van der Waals surface area contributed by atoms with Crippen LogP contribution in [0, 0.1) is 11.6 Å². The highest BCUT2D eigenvalue weighted by atomic mass is 35.5. The van der Waals surface area contributed by atoms with E-state index in [4.69, 9.17) is 16.3 Å². The Hall–Kier alpha value is -3.27. The molecule has 0 atom stereocenters. The van der Waals surface area contributed by atoms with E-state index in [1.54, 1.807) is 22.8 Å². The topological polar surface area (TPSA) is 68.6 Å². The van der Waals surface area contributed by atoms with E-state index in [1.807, 2.05) is 4.90 Å². The second kappa shape index (κ2) is 9.65. The van der Waals surface area contributed by atoms with Gasteiger partial charge in [-0.15, -0.1) is 0 Å². The Kier molecular flexibility index (Phi) is 6.55. The van der Waals surface area contributed by atoms with E-state index in [0.29, 0.717) is 43.1 Å². The quantitative estimate of drug-likeness (QED) is 0.376. The molecule has 0 radical (unpaired) electrons. The van der Waals surface area contributed by atoms with Crippen LogP contribution in [0.15, 0.2) is 81.4 Å². The van der Waals surface area contributed by atoms with Crippen molar-refractivity contribution < 1.29 is 21.9 Å². The first-order valence-electron chi connectivity index (χ1n) is 11.2. The number of nitrogens with zero attached hydrogens (tertiary/aromatic N) is 2. The molecule has 1 aliphatic heterocycles. The van der Waals surface area contributed by atoms with E-state index >= 15 is 4.39 Å². The number of anilines is 1. The van der Waals surface area contributed by atoms with E-state index in [2.05, 4.69) is 0 Å². The van der Waals surface area contributed by atoms with Crippen molar-refractivity contribution in [3.8, 4) is 0 Å². The highest BCUT2D eigenvalue weighted by Crippen LogP contribution is 2.29. The van der Waals surface area contributed by atoms with Crippen molar-refractivity contribution in [2.75, 3.05) is 31.2 Å². The molecule has 6 nitrogen and oxygen atoms in total. The lowest BCUT2D eigenvalue weighted by Crippen LogP contribution is -2.36. The number of rotatable bonds is 5. The van der Waals surface area contributed by atoms with Crippen LogP contribution in [0.2, 0.25) is 5.02 Å². The summed E-state index contributed by atoms with van der Waals surface area (Å²) < 4.78 is 62.6. The van der Waals surface area contributed by atoms with Crippen molar-refractivity contribution in [3.05, 3.63) is 99.3 Å². The molecule has 0 spiro atoms. The number of sulfone groups is 1. The number of morpholine rings is 1. The minimum Gasteiger partial charge on any atom is -0.378 e. The van der Waals surface area contributed by atoms with Crippen LogP contribution in [0.5, 0.6) is 0 Å². The van der Waals surface area contributed by atoms with Gasteiger partial charge in [0.2, 0.25) is 15.3 Å². The third-order valence-corrected chi connectivity index (χ3v) is 8.11. The number of hydrogen-bond acceptors (Lipinski definition) is 5. The van der Waals surface area contributed by atoms with Crippen LogP contribution in [-0.2, 0) is 21.1 Å². The minimum absolute atomic E-state index is 0.0743. The van der Waals surface area contributed by atoms with Crippen LogP contribution >= 0.6 is 11.6 Å². The summed E-state index contributed by atoms with van der Waals surface area (Å²) in [4.78, 5) is 14.6. The Morgan fingerprint density at radius 2 is 1.69 bits per heavy atom. The molecule has 0 amide bonds. The van der Waals surface area contributed by atoms with Crippen molar-refractivity contribution in [2.24, 2.45) is 0 Å². The van der Waals surface area contributed by atoms with E-state index in [0.717, 1.165) is 6.07 Å². The largest absolute Gasteiger partial charge is 0.378 e. The van der Waals surface area contributed by atoms with E-state index in [-0.39, 0.29) is 21.8 Å². The summed E-state index contributed by atoms with van der Waals surface area (Å²) in [6, 6.07) is 14.0. The van der Waals surface area contributed by atoms with Crippen LogP contribution in [0.3, 0.4) is 0 Å². The summed E-state index contributed by atoms with van der Waals surface area (Å²) in [6.07, 6.45) is 1.26. The summed E-state index contributed by atoms with van der Waals surface area (Å²) >= 11 is 6.00. The van der Waals surface area contributed by atoms with Gasteiger partial charge in [-0.2, -0.15) is 0 Å². The highest BCUT2D eigenvalue weighted by molar-refractivity contribution is 7.91. The fraction of sp³-hybridized carbons (Fsp3) is 0.192. The van der Waals surface area contributed by atoms with Crippen molar-refractivity contribution in [2.45, 2.75) is 16.3 Å². The molecule has 5 rings (SSSR count). The second-order valence-electron chi connectivity index (χ2n) is 8.46. The number of aromatic nitrogens is 1. The zero-order valence-corrected chi connectivity index (χ0v) is 20.5. The lowest BCUT2D eigenvalue weighted by atomic mass is 10.1. The molecule has 4 aromatic rings. The van der Waals surface area contributed by atoms with Gasteiger partial charge in [0.05, 0.1) is 34.7 Å². The van der Waals surface area contributed by atoms with E-state index < -0.39 is 31.8 Å². The van der Waals surface area contributed by atoms with E-state index in [1.165, 1.54) is 42.6 Å². The second-order valence-corrected chi connectivity index (χ2v) is 10.8. The van der Waals surface area contributed by atoms with Crippen molar-refractivity contribution in [1.29, 1.82) is 0 Å². The normalized spacial score (nSPS) is 14.4. The van der Waals surface area contributed by atoms with Gasteiger partial charge in [0, 0.05) is 30.9 Å². The van der Waals surface area contributed by atoms with Gasteiger partial charge in [-0.25, -0.2) is 17.2 Å². The molecule has 0 saturated carbocycles. The smallest absolute Gasteiger partial charge is 0.211 e. The first-order chi connectivity index (χ1) is 17.2. The van der Waals surface area contributed by atoms with Gasteiger partial charge in [0.1, 0.15) is 16.5 Å². The molecule has 0 aliphatic carbocycles. The predicted octanol–water partition coefficient (Wildman–Crippen LogP) is 4.65. The zero-order valence-electron chi connectivity index (χ0n) is 19.0. The Balaban J connectivity index is 1.74. The molecule has 10 heteroatoms. The van der Waals surface area contributed by atoms with Crippen molar-refractivity contribution >= 4 is 38.0 Å². The van der Waals surface area contributed by atoms with Crippen LogP contribution < -0.4 is 10.3 Å². The highest BCUT2D eigenvalue weighted by Gasteiger charge is 2.26. The maximum Gasteiger partial charge on any atom is 0.211 e. The first-order valence-corrected chi connectivity index (χ1v) is 13.0. The molecule has 36 heavy (non-hydrogen) atoms. The summed E-state index contributed by atoms with van der Waals surface area (Å²) in [5.41, 5.74) is 0.512. The van der Waals surface area contributed by atoms with Gasteiger partial charge < -0.3 is 14.2 Å². The number of ether oxygens (including phenoxy) is 1. The summed E-state index contributed by atoms with van der Waals surface area (Å²) in [6.45, 7) is 1.97. The Morgan fingerprint density at radius 3 is 2.39 bits per heavy atom. The van der Waals surface area contributed by atoms with E-state index in [9.17, 15) is 17.6 Å². The Labute approximate surface area is 211 Å². The lowest BCUT2D eigenvalue weighted by molar-refractivity contribution is 0.122. The fourth-order valence-corrected chi connectivity index (χ4v) is 5.96. The average Bonchev–Trinajstić information content (AvgIpc) is 2.87. The molecule has 3 aromatic carbocycles. The Morgan fingerprint density at radius 1 is 0.972 bits per heavy atom. The predicted molar refractivity (Wildman–Crippen MR) is 134 cm³/mol. The number of benzene rings is 3. The van der Waals surface area contributed by atoms with Crippen molar-refractivity contribution in [3.63, 3.8) is 0 Å². The molecule has 0 unspecified atom stereocenters. The fourth-order valence-electron chi connectivity index (χ4n) is 4.29. The average molecular weight is 531 g/mol. The summed E-state index contributed by atoms with van der Waals surface area (Å²) in [5.74, 6) is -1.04. The van der Waals surface area contributed by atoms with Gasteiger partial charge in [0.25, 0.3) is 0 Å². The molecule has 0 N–H and O–H groups in total. The molecule has 1 aliphatic rings. The third-order valence-electron chi connectivity index (χ3n) is 6.13. The third kappa shape index (κ3) is 4.61. The van der Waals surface area contributed by atoms with Crippen molar-refractivity contribution in [1.82, 2.24) is 4.57 Å². The maximum atomic E-state index is 15.3. The molecule has 1 fully saturated rings. The van der Waals surface area contributed by atoms with Crippen LogP contribution in [0.4, 0.5) is 14.5 Å². The van der Waals surface area contributed by atoms with Gasteiger partial charge >= 0.3 is 0 Å². The molecule has 0 bridgehead atoms. The molecule has 2 heterocycles. The first kappa shape index (κ1) is 24.4. The standard InChI is InChI=1S/C26H21ClF2N2O4S/c27-18-2-1-3-20(12-18)36(33,34)25-16-31(15-17-4-6-19(28)7-5-17)23-14-24(30-8-10-35-11-9-30)22(29)13-21(23)26(25)32/h1-7,12-14,16H,8-11,15H2. The molecule has 1 aromatic heterocycles. The molecule has 186 valence electrons. The zero-order chi connectivity index (χ0) is 25.4. The lowest BCUT2D eigenvalue weighted by Gasteiger charge is -2.29. The summed E-state index contributed by atoms with van der Waals surface area (Å²) in [5, 5.41) is 0.124. The van der Waals surface area contributed by atoms with Gasteiger partial charge in [-0.1, -0.05) is 29.8 Å². The number of hydrogen-bond donors (Lipinski definition) is 0. The van der Waals surface area contributed by atoms with Gasteiger partial charge in [-0.3, -0.25) is 4.79 Å². The van der Waals surface area contributed by atoms with Crippen LogP contribution in [-0.4, -0.2) is 39.3 Å². The number of pyridine rings is 1. The maximum absolute atomic E-state index is 15.3. The molecular formula is C26H21ClF2N2O4S. The Bertz CT molecular complexity index is 1620. The minimum atomic E-state index is -4.28.